The van der Waals surface area contributed by atoms with Crippen LogP contribution in [0.4, 0.5) is 0 Å². The summed E-state index contributed by atoms with van der Waals surface area (Å²) < 4.78 is 16.7. The van der Waals surface area contributed by atoms with Crippen molar-refractivity contribution in [3.63, 3.8) is 0 Å². The summed E-state index contributed by atoms with van der Waals surface area (Å²) in [4.78, 5) is 0.819. The third-order valence-corrected chi connectivity index (χ3v) is 3.13. The van der Waals surface area contributed by atoms with Crippen LogP contribution in [0.15, 0.2) is 29.2 Å². The Bertz CT molecular complexity index is 309. The molecule has 0 aliphatic carbocycles. The minimum absolute atomic E-state index is 0.188. The lowest BCUT2D eigenvalue weighted by atomic mass is 10.3. The molecule has 1 heterocycles. The topological polar surface area (TPSA) is 26.3 Å². The van der Waals surface area contributed by atoms with Crippen molar-refractivity contribution in [3.05, 3.63) is 24.3 Å². The van der Waals surface area contributed by atoms with Gasteiger partial charge in [-0.25, -0.2) is 0 Å². The van der Waals surface area contributed by atoms with E-state index in [9.17, 15) is 4.21 Å². The number of para-hydroxylation sites is 1. The molecule has 2 rings (SSSR count). The first-order valence-electron chi connectivity index (χ1n) is 3.45. The highest BCUT2D eigenvalue weighted by Crippen LogP contribution is 2.31. The highest BCUT2D eigenvalue weighted by molar-refractivity contribution is 7.85. The first-order chi connectivity index (χ1) is 5.29. The van der Waals surface area contributed by atoms with E-state index in [1.54, 1.807) is 0 Å². The standard InChI is InChI=1S/C8H8O2S/c1-6-10-7-4-2-3-5-8(7)11(6)9/h2-6H,1H3/t6-,11?/m1/s1. The summed E-state index contributed by atoms with van der Waals surface area (Å²) in [6.45, 7) is 1.82. The molecule has 1 aromatic rings. The zero-order chi connectivity index (χ0) is 7.84. The average Bonchev–Trinajstić information content (AvgIpc) is 2.30. The van der Waals surface area contributed by atoms with Crippen LogP contribution in [0.5, 0.6) is 5.75 Å². The molecular formula is C8H8O2S. The number of rotatable bonds is 0. The van der Waals surface area contributed by atoms with Crippen molar-refractivity contribution in [1.29, 1.82) is 0 Å². The smallest absolute Gasteiger partial charge is 0.175 e. The van der Waals surface area contributed by atoms with E-state index in [-0.39, 0.29) is 5.44 Å². The molecule has 0 fully saturated rings. The molecule has 0 bridgehead atoms. The average molecular weight is 168 g/mol. The molecule has 1 unspecified atom stereocenters. The van der Waals surface area contributed by atoms with Gasteiger partial charge in [-0.05, 0) is 19.1 Å². The van der Waals surface area contributed by atoms with Crippen molar-refractivity contribution in [3.8, 4) is 5.75 Å². The van der Waals surface area contributed by atoms with E-state index in [2.05, 4.69) is 0 Å². The van der Waals surface area contributed by atoms with Gasteiger partial charge in [0.15, 0.2) is 5.44 Å². The van der Waals surface area contributed by atoms with Crippen LogP contribution in [0.3, 0.4) is 0 Å². The zero-order valence-corrected chi connectivity index (χ0v) is 6.93. The Kier molecular flexibility index (Phi) is 1.46. The normalized spacial score (nSPS) is 27.7. The minimum Gasteiger partial charge on any atom is -0.476 e. The fraction of sp³-hybridized carbons (Fsp3) is 0.250. The molecule has 1 aliphatic heterocycles. The monoisotopic (exact) mass is 168 g/mol. The predicted octanol–water partition coefficient (Wildman–Crippen LogP) is 1.53. The highest BCUT2D eigenvalue weighted by atomic mass is 32.2. The van der Waals surface area contributed by atoms with Crippen molar-refractivity contribution in [2.75, 3.05) is 0 Å². The summed E-state index contributed by atoms with van der Waals surface area (Å²) >= 11 is 0. The molecular weight excluding hydrogens is 160 g/mol. The van der Waals surface area contributed by atoms with Gasteiger partial charge in [0.1, 0.15) is 5.75 Å². The van der Waals surface area contributed by atoms with Gasteiger partial charge in [-0.2, -0.15) is 0 Å². The van der Waals surface area contributed by atoms with E-state index in [1.165, 1.54) is 0 Å². The molecule has 0 aromatic heterocycles. The fourth-order valence-electron chi connectivity index (χ4n) is 1.12. The summed E-state index contributed by atoms with van der Waals surface area (Å²) in [6, 6.07) is 7.44. The lowest BCUT2D eigenvalue weighted by Gasteiger charge is -1.98. The van der Waals surface area contributed by atoms with E-state index >= 15 is 0 Å². The second-order valence-corrected chi connectivity index (χ2v) is 4.13. The molecule has 2 atom stereocenters. The van der Waals surface area contributed by atoms with Gasteiger partial charge in [-0.3, -0.25) is 4.21 Å². The number of fused-ring (bicyclic) bond motifs is 1. The molecule has 3 heteroatoms. The number of benzene rings is 1. The van der Waals surface area contributed by atoms with Crippen LogP contribution in [0.1, 0.15) is 6.92 Å². The van der Waals surface area contributed by atoms with E-state index in [0.717, 1.165) is 10.6 Å². The van der Waals surface area contributed by atoms with Gasteiger partial charge < -0.3 is 4.74 Å². The molecule has 58 valence electrons. The van der Waals surface area contributed by atoms with Crippen LogP contribution >= 0.6 is 0 Å². The van der Waals surface area contributed by atoms with E-state index < -0.39 is 10.8 Å². The summed E-state index contributed by atoms with van der Waals surface area (Å²) in [5, 5.41) is 0. The molecule has 11 heavy (non-hydrogen) atoms. The third kappa shape index (κ3) is 0.959. The summed E-state index contributed by atoms with van der Waals surface area (Å²) in [5.41, 5.74) is -0.188. The molecule has 0 amide bonds. The van der Waals surface area contributed by atoms with Crippen LogP contribution in [0.2, 0.25) is 0 Å². The highest BCUT2D eigenvalue weighted by Gasteiger charge is 2.26. The van der Waals surface area contributed by atoms with Crippen molar-refractivity contribution in [1.82, 2.24) is 0 Å². The van der Waals surface area contributed by atoms with Crippen LogP contribution in [-0.4, -0.2) is 9.64 Å². The fourth-order valence-corrected chi connectivity index (χ4v) is 2.19. The maximum atomic E-state index is 11.4. The largest absolute Gasteiger partial charge is 0.476 e. The molecule has 1 aliphatic rings. The Balaban J connectivity index is 2.55. The zero-order valence-electron chi connectivity index (χ0n) is 6.11. The van der Waals surface area contributed by atoms with Gasteiger partial charge in [0.25, 0.3) is 0 Å². The molecule has 0 N–H and O–H groups in total. The third-order valence-electron chi connectivity index (χ3n) is 1.66. The van der Waals surface area contributed by atoms with Crippen LogP contribution < -0.4 is 4.74 Å². The van der Waals surface area contributed by atoms with Gasteiger partial charge in [0, 0.05) is 0 Å². The second-order valence-electron chi connectivity index (χ2n) is 2.43. The van der Waals surface area contributed by atoms with Crippen molar-refractivity contribution in [2.45, 2.75) is 17.3 Å². The molecule has 0 saturated carbocycles. The summed E-state index contributed by atoms with van der Waals surface area (Å²) in [6.07, 6.45) is 0. The lowest BCUT2D eigenvalue weighted by Crippen LogP contribution is -2.09. The predicted molar refractivity (Wildman–Crippen MR) is 42.9 cm³/mol. The Hall–Kier alpha value is -0.830. The van der Waals surface area contributed by atoms with E-state index in [1.807, 2.05) is 31.2 Å². The van der Waals surface area contributed by atoms with Crippen LogP contribution in [-0.2, 0) is 10.8 Å². The Morgan fingerprint density at radius 1 is 1.45 bits per heavy atom. The van der Waals surface area contributed by atoms with Gasteiger partial charge in [-0.15, -0.1) is 0 Å². The van der Waals surface area contributed by atoms with Crippen molar-refractivity contribution in [2.24, 2.45) is 0 Å². The Morgan fingerprint density at radius 3 is 2.91 bits per heavy atom. The van der Waals surface area contributed by atoms with E-state index in [4.69, 9.17) is 4.74 Å². The number of hydrogen-bond acceptors (Lipinski definition) is 2. The van der Waals surface area contributed by atoms with Crippen molar-refractivity contribution >= 4 is 10.8 Å². The summed E-state index contributed by atoms with van der Waals surface area (Å²) in [5.74, 6) is 0.762. The van der Waals surface area contributed by atoms with Gasteiger partial charge in [-0.1, -0.05) is 12.1 Å². The maximum Gasteiger partial charge on any atom is 0.175 e. The number of hydrogen-bond donors (Lipinski definition) is 0. The molecule has 0 spiro atoms. The van der Waals surface area contributed by atoms with Gasteiger partial charge in [0.05, 0.1) is 15.7 Å². The number of ether oxygens (including phenoxy) is 1. The maximum absolute atomic E-state index is 11.4. The van der Waals surface area contributed by atoms with Gasteiger partial charge >= 0.3 is 0 Å². The summed E-state index contributed by atoms with van der Waals surface area (Å²) in [7, 11) is -0.965. The Morgan fingerprint density at radius 2 is 2.18 bits per heavy atom. The lowest BCUT2D eigenvalue weighted by molar-refractivity contribution is 0.310. The SMILES string of the molecule is C[C@@H]1Oc2ccccc2S1=O. The van der Waals surface area contributed by atoms with Crippen molar-refractivity contribution < 1.29 is 8.95 Å². The first-order valence-corrected chi connectivity index (χ1v) is 4.66. The first kappa shape index (κ1) is 6.85. The quantitative estimate of drug-likeness (QED) is 0.587. The molecule has 2 nitrogen and oxygen atoms in total. The van der Waals surface area contributed by atoms with Crippen LogP contribution in [0, 0.1) is 0 Å². The molecule has 1 aromatic carbocycles. The van der Waals surface area contributed by atoms with Crippen LogP contribution in [0.25, 0.3) is 0 Å². The minimum atomic E-state index is -0.965. The molecule has 0 saturated heterocycles. The second kappa shape index (κ2) is 2.34. The van der Waals surface area contributed by atoms with Gasteiger partial charge in [0.2, 0.25) is 0 Å². The van der Waals surface area contributed by atoms with E-state index in [0.29, 0.717) is 0 Å². The molecule has 0 radical (unpaired) electrons. The Labute approximate surface area is 67.6 Å².